The van der Waals surface area contributed by atoms with Crippen LogP contribution >= 0.6 is 0 Å². The Morgan fingerprint density at radius 2 is 1.74 bits per heavy atom. The normalized spacial score (nSPS) is 11.7. The third-order valence-electron chi connectivity index (χ3n) is 2.85. The maximum Gasteiger partial charge on any atom is 0.305 e. The minimum atomic E-state index is -0.851. The summed E-state index contributed by atoms with van der Waals surface area (Å²) < 4.78 is 0. The predicted molar refractivity (Wildman–Crippen MR) is 77.0 cm³/mol. The number of amides is 1. The second-order valence-electron chi connectivity index (χ2n) is 6.79. The number of nitrogens with zero attached hydrogens (tertiary/aromatic N) is 1. The number of hydrogen-bond acceptors (Lipinski definition) is 2. The van der Waals surface area contributed by atoms with E-state index in [0.717, 1.165) is 12.8 Å². The summed E-state index contributed by atoms with van der Waals surface area (Å²) in [5.41, 5.74) is 0.240. The van der Waals surface area contributed by atoms with E-state index in [1.165, 1.54) is 0 Å². The highest BCUT2D eigenvalue weighted by atomic mass is 16.4. The van der Waals surface area contributed by atoms with Gasteiger partial charge in [-0.1, -0.05) is 34.6 Å². The lowest BCUT2D eigenvalue weighted by Gasteiger charge is -2.25. The Morgan fingerprint density at radius 3 is 2.16 bits per heavy atom. The van der Waals surface area contributed by atoms with Crippen LogP contribution in [0.4, 0.5) is 0 Å². The molecule has 0 fully saturated rings. The minimum absolute atomic E-state index is 0.0255. The van der Waals surface area contributed by atoms with Gasteiger partial charge in [0.25, 0.3) is 0 Å². The zero-order valence-electron chi connectivity index (χ0n) is 13.0. The summed E-state index contributed by atoms with van der Waals surface area (Å²) in [5, 5.41) is 8.72. The van der Waals surface area contributed by atoms with E-state index in [0.29, 0.717) is 25.4 Å². The third-order valence-corrected chi connectivity index (χ3v) is 2.85. The molecule has 0 saturated heterocycles. The van der Waals surface area contributed by atoms with Crippen molar-refractivity contribution < 1.29 is 14.7 Å². The van der Waals surface area contributed by atoms with Crippen LogP contribution in [-0.2, 0) is 9.59 Å². The van der Waals surface area contributed by atoms with Gasteiger partial charge in [-0.25, -0.2) is 0 Å². The molecule has 1 amide bonds. The van der Waals surface area contributed by atoms with Crippen LogP contribution in [0.25, 0.3) is 0 Å². The van der Waals surface area contributed by atoms with Crippen LogP contribution in [0.1, 0.15) is 60.3 Å². The molecule has 0 aromatic rings. The largest absolute Gasteiger partial charge is 0.481 e. The average molecular weight is 271 g/mol. The molecule has 4 nitrogen and oxygen atoms in total. The maximum atomic E-state index is 12.1. The molecular formula is C15H29NO3. The van der Waals surface area contributed by atoms with Crippen molar-refractivity contribution in [3.05, 3.63) is 0 Å². The van der Waals surface area contributed by atoms with Crippen molar-refractivity contribution in [1.82, 2.24) is 4.90 Å². The monoisotopic (exact) mass is 271 g/mol. The van der Waals surface area contributed by atoms with Crippen LogP contribution in [0.3, 0.4) is 0 Å². The van der Waals surface area contributed by atoms with Gasteiger partial charge in [0.2, 0.25) is 5.91 Å². The topological polar surface area (TPSA) is 57.6 Å². The van der Waals surface area contributed by atoms with E-state index in [1.807, 2.05) is 13.8 Å². The number of carbonyl (C=O) groups excluding carboxylic acids is 1. The molecule has 0 aliphatic heterocycles. The Labute approximate surface area is 117 Å². The summed E-state index contributed by atoms with van der Waals surface area (Å²) in [6.45, 7) is 11.5. The highest BCUT2D eigenvalue weighted by Gasteiger charge is 2.17. The molecule has 0 aliphatic carbocycles. The molecule has 4 heteroatoms. The number of rotatable bonds is 8. The molecule has 0 bridgehead atoms. The van der Waals surface area contributed by atoms with Gasteiger partial charge in [0.15, 0.2) is 0 Å². The summed E-state index contributed by atoms with van der Waals surface area (Å²) in [6.07, 6.45) is 2.42. The molecule has 0 rings (SSSR count). The Kier molecular flexibility index (Phi) is 7.72. The Hall–Kier alpha value is -1.06. The third kappa shape index (κ3) is 10.5. The van der Waals surface area contributed by atoms with Crippen molar-refractivity contribution in [2.45, 2.75) is 60.3 Å². The predicted octanol–water partition coefficient (Wildman–Crippen LogP) is 3.16. The van der Waals surface area contributed by atoms with Crippen LogP contribution in [-0.4, -0.2) is 35.0 Å². The van der Waals surface area contributed by atoms with Gasteiger partial charge in [0, 0.05) is 19.5 Å². The SMILES string of the molecule is CC(C)CN(CCC(=O)O)C(=O)CCCC(C)(C)C. The lowest BCUT2D eigenvalue weighted by Crippen LogP contribution is -2.35. The van der Waals surface area contributed by atoms with Gasteiger partial charge >= 0.3 is 5.97 Å². The number of carboxylic acids is 1. The fourth-order valence-electron chi connectivity index (χ4n) is 1.92. The van der Waals surface area contributed by atoms with Crippen molar-refractivity contribution >= 4 is 11.9 Å². The summed E-state index contributed by atoms with van der Waals surface area (Å²) in [5.74, 6) is -0.407. The lowest BCUT2D eigenvalue weighted by atomic mass is 9.90. The van der Waals surface area contributed by atoms with Gasteiger partial charge in [-0.2, -0.15) is 0 Å². The first kappa shape index (κ1) is 17.9. The fraction of sp³-hybridized carbons (Fsp3) is 0.867. The van der Waals surface area contributed by atoms with Gasteiger partial charge in [-0.3, -0.25) is 9.59 Å². The van der Waals surface area contributed by atoms with Gasteiger partial charge < -0.3 is 10.0 Å². The Balaban J connectivity index is 4.25. The summed E-state index contributed by atoms with van der Waals surface area (Å²) in [6, 6.07) is 0. The molecule has 1 N–H and O–H groups in total. The number of carbonyl (C=O) groups is 2. The van der Waals surface area contributed by atoms with Gasteiger partial charge in [-0.15, -0.1) is 0 Å². The molecular weight excluding hydrogens is 242 g/mol. The van der Waals surface area contributed by atoms with E-state index in [2.05, 4.69) is 20.8 Å². The van der Waals surface area contributed by atoms with Gasteiger partial charge in [-0.05, 0) is 24.2 Å². The zero-order valence-corrected chi connectivity index (χ0v) is 13.0. The minimum Gasteiger partial charge on any atom is -0.481 e. The van der Waals surface area contributed by atoms with Crippen molar-refractivity contribution in [2.24, 2.45) is 11.3 Å². The van der Waals surface area contributed by atoms with Gasteiger partial charge in [0.05, 0.1) is 6.42 Å². The van der Waals surface area contributed by atoms with E-state index in [9.17, 15) is 9.59 Å². The van der Waals surface area contributed by atoms with E-state index in [4.69, 9.17) is 5.11 Å². The van der Waals surface area contributed by atoms with E-state index in [-0.39, 0.29) is 17.7 Å². The number of aliphatic carboxylic acids is 1. The maximum absolute atomic E-state index is 12.1. The molecule has 0 heterocycles. The van der Waals surface area contributed by atoms with Crippen molar-refractivity contribution in [3.63, 3.8) is 0 Å². The van der Waals surface area contributed by atoms with Crippen molar-refractivity contribution in [1.29, 1.82) is 0 Å². The number of hydrogen-bond donors (Lipinski definition) is 1. The first-order chi connectivity index (χ1) is 8.61. The smallest absolute Gasteiger partial charge is 0.305 e. The lowest BCUT2D eigenvalue weighted by molar-refractivity contribution is -0.138. The highest BCUT2D eigenvalue weighted by Crippen LogP contribution is 2.21. The molecule has 112 valence electrons. The highest BCUT2D eigenvalue weighted by molar-refractivity contribution is 5.77. The first-order valence-corrected chi connectivity index (χ1v) is 7.11. The van der Waals surface area contributed by atoms with Crippen LogP contribution in [0.5, 0.6) is 0 Å². The summed E-state index contributed by atoms with van der Waals surface area (Å²) >= 11 is 0. The molecule has 19 heavy (non-hydrogen) atoms. The molecule has 0 radical (unpaired) electrons. The standard InChI is InChI=1S/C15H29NO3/c1-12(2)11-16(10-8-14(18)19)13(17)7-6-9-15(3,4)5/h12H,6-11H2,1-5H3,(H,18,19). The second-order valence-corrected chi connectivity index (χ2v) is 6.79. The molecule has 0 atom stereocenters. The van der Waals surface area contributed by atoms with Gasteiger partial charge in [0.1, 0.15) is 0 Å². The summed E-state index contributed by atoms with van der Waals surface area (Å²) in [4.78, 5) is 24.4. The van der Waals surface area contributed by atoms with Crippen molar-refractivity contribution in [2.75, 3.05) is 13.1 Å². The van der Waals surface area contributed by atoms with Crippen LogP contribution in [0.2, 0.25) is 0 Å². The quantitative estimate of drug-likeness (QED) is 0.737. The van der Waals surface area contributed by atoms with Crippen LogP contribution < -0.4 is 0 Å². The van der Waals surface area contributed by atoms with Crippen LogP contribution in [0, 0.1) is 11.3 Å². The molecule has 0 saturated carbocycles. The Bertz CT molecular complexity index is 292. The van der Waals surface area contributed by atoms with Crippen LogP contribution in [0.15, 0.2) is 0 Å². The van der Waals surface area contributed by atoms with E-state index in [1.54, 1.807) is 4.90 Å². The van der Waals surface area contributed by atoms with Crippen molar-refractivity contribution in [3.8, 4) is 0 Å². The molecule has 0 spiro atoms. The first-order valence-electron chi connectivity index (χ1n) is 7.11. The molecule has 0 aromatic carbocycles. The van der Waals surface area contributed by atoms with E-state index >= 15 is 0 Å². The molecule has 0 unspecified atom stereocenters. The van der Waals surface area contributed by atoms with E-state index < -0.39 is 5.97 Å². The Morgan fingerprint density at radius 1 is 1.16 bits per heavy atom. The summed E-state index contributed by atoms with van der Waals surface area (Å²) in [7, 11) is 0. The number of carboxylic acid groups (broad SMARTS) is 1. The average Bonchev–Trinajstić information content (AvgIpc) is 2.21. The second kappa shape index (κ2) is 8.18. The zero-order chi connectivity index (χ0) is 15.1. The molecule has 0 aliphatic rings. The fourth-order valence-corrected chi connectivity index (χ4v) is 1.92. The molecule has 0 aromatic heterocycles.